The summed E-state index contributed by atoms with van der Waals surface area (Å²) in [5.74, 6) is 0.868. The maximum atomic E-state index is 13.2. The van der Waals surface area contributed by atoms with Gasteiger partial charge >= 0.3 is 6.09 Å². The summed E-state index contributed by atoms with van der Waals surface area (Å²) in [6, 6.07) is 20.4. The number of H-pyrrole nitrogens is 1. The third-order valence-electron chi connectivity index (χ3n) is 6.12. The second-order valence-electron chi connectivity index (χ2n) is 9.80. The molecule has 0 aliphatic carbocycles. The molecule has 0 spiro atoms. The predicted octanol–water partition coefficient (Wildman–Crippen LogP) is 5.80. The van der Waals surface area contributed by atoms with E-state index >= 15 is 0 Å². The molecule has 0 aliphatic heterocycles. The molecule has 0 fully saturated rings. The van der Waals surface area contributed by atoms with Gasteiger partial charge in [0.05, 0.1) is 23.5 Å². The van der Waals surface area contributed by atoms with Crippen LogP contribution >= 0.6 is 22.6 Å². The second kappa shape index (κ2) is 14.5. The van der Waals surface area contributed by atoms with E-state index in [1.54, 1.807) is 13.2 Å². The number of carbonyl (C=O) groups excluding carboxylic acids is 2. The van der Waals surface area contributed by atoms with Crippen molar-refractivity contribution in [1.82, 2.24) is 15.7 Å². The minimum absolute atomic E-state index is 0.168. The summed E-state index contributed by atoms with van der Waals surface area (Å²) in [4.78, 5) is 28.8. The lowest BCUT2D eigenvalue weighted by Gasteiger charge is -2.17. The maximum absolute atomic E-state index is 13.2. The van der Waals surface area contributed by atoms with Crippen molar-refractivity contribution in [2.45, 2.75) is 32.9 Å². The molecule has 0 saturated heterocycles. The van der Waals surface area contributed by atoms with Gasteiger partial charge in [-0.25, -0.2) is 10.2 Å². The lowest BCUT2D eigenvalue weighted by molar-refractivity contribution is -0.123. The molecule has 0 unspecified atom stereocenters. The number of hydrogen-bond donors (Lipinski definition) is 3. The smallest absolute Gasteiger partial charge is 0.407 e. The number of rotatable bonds is 12. The fraction of sp³-hybridized carbons (Fsp3) is 0.258. The van der Waals surface area contributed by atoms with Crippen molar-refractivity contribution in [1.29, 1.82) is 0 Å². The Morgan fingerprint density at radius 2 is 1.83 bits per heavy atom. The van der Waals surface area contributed by atoms with Crippen LogP contribution in [0.2, 0.25) is 0 Å². The Morgan fingerprint density at radius 3 is 2.59 bits per heavy atom. The molecule has 41 heavy (non-hydrogen) atoms. The molecule has 9 nitrogen and oxygen atoms in total. The fourth-order valence-corrected chi connectivity index (χ4v) is 4.87. The molecule has 3 N–H and O–H groups in total. The lowest BCUT2D eigenvalue weighted by Crippen LogP contribution is -2.47. The quantitative estimate of drug-likeness (QED) is 0.100. The molecular weight excluding hydrogens is 635 g/mol. The van der Waals surface area contributed by atoms with Crippen LogP contribution in [-0.2, 0) is 22.6 Å². The number of nitrogens with zero attached hydrogens (tertiary/aromatic N) is 1. The highest BCUT2D eigenvalue weighted by molar-refractivity contribution is 14.1. The zero-order valence-corrected chi connectivity index (χ0v) is 25.3. The maximum Gasteiger partial charge on any atom is 0.407 e. The number of carbonyl (C=O) groups is 2. The number of para-hydroxylation sites is 1. The number of methoxy groups -OCH3 is 1. The highest BCUT2D eigenvalue weighted by Crippen LogP contribution is 2.34. The van der Waals surface area contributed by atoms with E-state index in [0.29, 0.717) is 23.7 Å². The Morgan fingerprint density at radius 1 is 1.07 bits per heavy atom. The van der Waals surface area contributed by atoms with E-state index in [0.717, 1.165) is 25.6 Å². The summed E-state index contributed by atoms with van der Waals surface area (Å²) in [6.07, 6.45) is 2.95. The summed E-state index contributed by atoms with van der Waals surface area (Å²) < 4.78 is 17.7. The summed E-state index contributed by atoms with van der Waals surface area (Å²) in [5.41, 5.74) is 6.14. The number of ether oxygens (including phenoxy) is 3. The second-order valence-corrected chi connectivity index (χ2v) is 11.0. The number of alkyl carbamates (subject to hydrolysis) is 1. The van der Waals surface area contributed by atoms with Gasteiger partial charge in [0.25, 0.3) is 5.91 Å². The van der Waals surface area contributed by atoms with Gasteiger partial charge in [-0.1, -0.05) is 62.4 Å². The molecule has 10 heteroatoms. The van der Waals surface area contributed by atoms with Gasteiger partial charge in [-0.3, -0.25) is 4.79 Å². The number of fused-ring (bicyclic) bond motifs is 1. The van der Waals surface area contributed by atoms with Gasteiger partial charge in [-0.05, 0) is 63.4 Å². The number of nitrogens with one attached hydrogen (secondary N) is 3. The van der Waals surface area contributed by atoms with E-state index < -0.39 is 18.0 Å². The van der Waals surface area contributed by atoms with Gasteiger partial charge < -0.3 is 24.5 Å². The van der Waals surface area contributed by atoms with Gasteiger partial charge in [0, 0.05) is 23.5 Å². The average molecular weight is 669 g/mol. The van der Waals surface area contributed by atoms with E-state index in [1.807, 2.05) is 80.7 Å². The zero-order valence-electron chi connectivity index (χ0n) is 23.1. The number of hydrogen-bond acceptors (Lipinski definition) is 6. The molecule has 1 heterocycles. The number of benzene rings is 3. The molecular formula is C31H33IN4O5. The van der Waals surface area contributed by atoms with Crippen LogP contribution in [0.1, 0.15) is 30.5 Å². The van der Waals surface area contributed by atoms with Crippen LogP contribution in [0.3, 0.4) is 0 Å². The van der Waals surface area contributed by atoms with Gasteiger partial charge in [-0.15, -0.1) is 0 Å². The van der Waals surface area contributed by atoms with Gasteiger partial charge in [0.15, 0.2) is 11.5 Å². The summed E-state index contributed by atoms with van der Waals surface area (Å²) >= 11 is 2.18. The molecule has 2 amide bonds. The summed E-state index contributed by atoms with van der Waals surface area (Å²) in [7, 11) is 1.57. The first-order valence-electron chi connectivity index (χ1n) is 13.2. The monoisotopic (exact) mass is 668 g/mol. The Bertz CT molecular complexity index is 1500. The molecule has 3 aromatic carbocycles. The summed E-state index contributed by atoms with van der Waals surface area (Å²) in [5, 5.41) is 7.81. The van der Waals surface area contributed by atoms with E-state index in [2.05, 4.69) is 43.4 Å². The van der Waals surface area contributed by atoms with E-state index in [1.165, 1.54) is 6.21 Å². The van der Waals surface area contributed by atoms with Gasteiger partial charge in [0.1, 0.15) is 12.6 Å². The van der Waals surface area contributed by atoms with Crippen LogP contribution in [0, 0.1) is 9.49 Å². The molecule has 4 aromatic rings. The Balaban J connectivity index is 1.45. The molecule has 0 aliphatic rings. The van der Waals surface area contributed by atoms with E-state index in [4.69, 9.17) is 14.2 Å². The number of aromatic amines is 1. The highest BCUT2D eigenvalue weighted by Gasteiger charge is 2.23. The predicted molar refractivity (Wildman–Crippen MR) is 167 cm³/mol. The molecule has 214 valence electrons. The topological polar surface area (TPSA) is 114 Å². The van der Waals surface area contributed by atoms with E-state index in [9.17, 15) is 9.59 Å². The minimum atomic E-state index is -0.908. The minimum Gasteiger partial charge on any atom is -0.493 e. The highest BCUT2D eigenvalue weighted by atomic mass is 127. The number of aromatic nitrogens is 1. The molecule has 0 bridgehead atoms. The molecule has 1 atom stereocenters. The molecule has 0 saturated carbocycles. The number of halogens is 1. The third-order valence-corrected chi connectivity index (χ3v) is 6.92. The normalized spacial score (nSPS) is 11.9. The SMILES string of the molecule is COc1cc(/C=N\NC(=O)[C@@H](Cc2c[nH]c3ccccc23)NC(=O)OCC(C)C)cc(I)c1OCc1ccccc1. The zero-order chi connectivity index (χ0) is 29.2. The van der Waals surface area contributed by atoms with Crippen LogP contribution in [-0.4, -0.2) is 43.0 Å². The fourth-order valence-electron chi connectivity index (χ4n) is 4.09. The largest absolute Gasteiger partial charge is 0.493 e. The van der Waals surface area contributed by atoms with Crippen molar-refractivity contribution >= 4 is 51.7 Å². The standard InChI is InChI=1S/C31H33IN4O5/c1-20(2)18-41-31(38)35-27(15-23-17-33-26-12-8-7-11-24(23)26)30(37)36-34-16-22-13-25(32)29(28(14-22)39-3)40-19-21-9-5-4-6-10-21/h4-14,16-17,20,27,33H,15,18-19H2,1-3H3,(H,35,38)(H,36,37)/b34-16-/t27-/m1/s1. The van der Waals surface area contributed by atoms with Crippen molar-refractivity contribution in [2.75, 3.05) is 13.7 Å². The first-order valence-corrected chi connectivity index (χ1v) is 14.3. The van der Waals surface area contributed by atoms with Crippen molar-refractivity contribution in [2.24, 2.45) is 11.0 Å². The van der Waals surface area contributed by atoms with Gasteiger partial charge in [0.2, 0.25) is 0 Å². The van der Waals surface area contributed by atoms with Crippen molar-refractivity contribution in [3.8, 4) is 11.5 Å². The molecule has 0 radical (unpaired) electrons. The molecule has 4 rings (SSSR count). The Hall–Kier alpha value is -4.06. The number of hydrazone groups is 1. The average Bonchev–Trinajstić information content (AvgIpc) is 3.38. The molecule has 1 aromatic heterocycles. The van der Waals surface area contributed by atoms with Gasteiger partial charge in [-0.2, -0.15) is 5.10 Å². The van der Waals surface area contributed by atoms with Crippen LogP contribution in [0.5, 0.6) is 11.5 Å². The Labute approximate surface area is 252 Å². The Kier molecular flexibility index (Phi) is 10.6. The van der Waals surface area contributed by atoms with Crippen molar-refractivity contribution in [3.63, 3.8) is 0 Å². The van der Waals surface area contributed by atoms with E-state index in [-0.39, 0.29) is 18.9 Å². The summed E-state index contributed by atoms with van der Waals surface area (Å²) in [6.45, 7) is 4.53. The van der Waals surface area contributed by atoms with Crippen LogP contribution in [0.25, 0.3) is 10.9 Å². The van der Waals surface area contributed by atoms with Crippen LogP contribution < -0.4 is 20.2 Å². The first kappa shape index (κ1) is 29.9. The van der Waals surface area contributed by atoms with Crippen LogP contribution in [0.4, 0.5) is 4.79 Å². The number of amides is 2. The van der Waals surface area contributed by atoms with Crippen molar-refractivity contribution in [3.05, 3.63) is 93.2 Å². The van der Waals surface area contributed by atoms with Crippen LogP contribution in [0.15, 0.2) is 78.0 Å². The lowest BCUT2D eigenvalue weighted by atomic mass is 10.0. The third kappa shape index (κ3) is 8.46. The first-order chi connectivity index (χ1) is 19.8. The van der Waals surface area contributed by atoms with Crippen molar-refractivity contribution < 1.29 is 23.8 Å².